The second kappa shape index (κ2) is 5.41. The fourth-order valence-electron chi connectivity index (χ4n) is 2.36. The SMILES string of the molecule is Cc1cc(C=Cc2cc(C)c(O)c(C)c2)cc(C)c1O. The van der Waals surface area contributed by atoms with Gasteiger partial charge in [-0.3, -0.25) is 0 Å². The summed E-state index contributed by atoms with van der Waals surface area (Å²) in [5, 5.41) is 19.5. The monoisotopic (exact) mass is 268 g/mol. The summed E-state index contributed by atoms with van der Waals surface area (Å²) in [5.74, 6) is 0.719. The van der Waals surface area contributed by atoms with Crippen LogP contribution in [0.15, 0.2) is 24.3 Å². The molecule has 0 unspecified atom stereocenters. The maximum absolute atomic E-state index is 9.77. The van der Waals surface area contributed by atoms with Crippen LogP contribution < -0.4 is 0 Å². The van der Waals surface area contributed by atoms with Crippen LogP contribution in [0.25, 0.3) is 12.2 Å². The van der Waals surface area contributed by atoms with E-state index in [0.29, 0.717) is 11.5 Å². The molecule has 2 aromatic carbocycles. The van der Waals surface area contributed by atoms with Crippen LogP contribution in [0, 0.1) is 27.7 Å². The molecular formula is C18H20O2. The number of benzene rings is 2. The number of aromatic hydroxyl groups is 2. The summed E-state index contributed by atoms with van der Waals surface area (Å²) < 4.78 is 0. The van der Waals surface area contributed by atoms with E-state index in [1.807, 2.05) is 64.1 Å². The minimum atomic E-state index is 0.360. The van der Waals surface area contributed by atoms with Crippen LogP contribution in [0.5, 0.6) is 11.5 Å². The van der Waals surface area contributed by atoms with Gasteiger partial charge in [0.25, 0.3) is 0 Å². The quantitative estimate of drug-likeness (QED) is 0.787. The van der Waals surface area contributed by atoms with Gasteiger partial charge < -0.3 is 10.2 Å². The zero-order valence-electron chi connectivity index (χ0n) is 12.4. The van der Waals surface area contributed by atoms with Crippen molar-refractivity contribution in [2.24, 2.45) is 0 Å². The normalized spacial score (nSPS) is 11.2. The molecule has 0 spiro atoms. The lowest BCUT2D eigenvalue weighted by Crippen LogP contribution is -1.84. The summed E-state index contributed by atoms with van der Waals surface area (Å²) in [7, 11) is 0. The van der Waals surface area contributed by atoms with E-state index in [0.717, 1.165) is 33.4 Å². The van der Waals surface area contributed by atoms with E-state index in [1.165, 1.54) is 0 Å². The fourth-order valence-corrected chi connectivity index (χ4v) is 2.36. The molecule has 0 fully saturated rings. The van der Waals surface area contributed by atoms with Crippen LogP contribution in [0.2, 0.25) is 0 Å². The largest absolute Gasteiger partial charge is 0.507 e. The van der Waals surface area contributed by atoms with Gasteiger partial charge in [0, 0.05) is 0 Å². The molecular weight excluding hydrogens is 248 g/mol. The van der Waals surface area contributed by atoms with Crippen LogP contribution in [-0.4, -0.2) is 10.2 Å². The van der Waals surface area contributed by atoms with Crippen molar-refractivity contribution in [1.29, 1.82) is 0 Å². The van der Waals surface area contributed by atoms with Crippen LogP contribution in [-0.2, 0) is 0 Å². The third-order valence-corrected chi connectivity index (χ3v) is 3.50. The van der Waals surface area contributed by atoms with Gasteiger partial charge in [-0.15, -0.1) is 0 Å². The van der Waals surface area contributed by atoms with E-state index in [2.05, 4.69) is 0 Å². The summed E-state index contributed by atoms with van der Waals surface area (Å²) in [5.41, 5.74) is 5.62. The van der Waals surface area contributed by atoms with Crippen LogP contribution in [0.1, 0.15) is 33.4 Å². The Hall–Kier alpha value is -2.22. The first kappa shape index (κ1) is 14.2. The van der Waals surface area contributed by atoms with Crippen molar-refractivity contribution in [3.8, 4) is 11.5 Å². The highest BCUT2D eigenvalue weighted by Crippen LogP contribution is 2.26. The molecule has 2 aromatic rings. The Bertz CT molecular complexity index is 576. The average molecular weight is 268 g/mol. The zero-order valence-corrected chi connectivity index (χ0v) is 12.4. The van der Waals surface area contributed by atoms with E-state index in [9.17, 15) is 10.2 Å². The van der Waals surface area contributed by atoms with Crippen molar-refractivity contribution >= 4 is 12.2 Å². The van der Waals surface area contributed by atoms with Gasteiger partial charge in [0.05, 0.1) is 0 Å². The van der Waals surface area contributed by atoms with Crippen molar-refractivity contribution < 1.29 is 10.2 Å². The highest BCUT2D eigenvalue weighted by Gasteiger charge is 2.03. The molecule has 0 aliphatic carbocycles. The third kappa shape index (κ3) is 2.85. The molecule has 0 amide bonds. The van der Waals surface area contributed by atoms with Crippen molar-refractivity contribution in [3.63, 3.8) is 0 Å². The van der Waals surface area contributed by atoms with Gasteiger partial charge in [0.2, 0.25) is 0 Å². The van der Waals surface area contributed by atoms with Crippen LogP contribution in [0.3, 0.4) is 0 Å². The summed E-state index contributed by atoms with van der Waals surface area (Å²) >= 11 is 0. The highest BCUT2D eigenvalue weighted by atomic mass is 16.3. The average Bonchev–Trinajstić information content (AvgIpc) is 2.39. The van der Waals surface area contributed by atoms with E-state index in [1.54, 1.807) is 0 Å². The molecule has 0 bridgehead atoms. The summed E-state index contributed by atoms with van der Waals surface area (Å²) in [6.45, 7) is 7.59. The predicted molar refractivity (Wildman–Crippen MR) is 84.1 cm³/mol. The minimum Gasteiger partial charge on any atom is -0.507 e. The molecule has 104 valence electrons. The molecule has 0 aliphatic heterocycles. The van der Waals surface area contributed by atoms with Gasteiger partial charge in [-0.2, -0.15) is 0 Å². The molecule has 2 nitrogen and oxygen atoms in total. The first-order valence-electron chi connectivity index (χ1n) is 6.67. The lowest BCUT2D eigenvalue weighted by Gasteiger charge is -2.06. The van der Waals surface area contributed by atoms with Gasteiger partial charge in [0.15, 0.2) is 0 Å². The Morgan fingerprint density at radius 1 is 0.600 bits per heavy atom. The molecule has 0 saturated heterocycles. The minimum absolute atomic E-state index is 0.360. The molecule has 0 radical (unpaired) electrons. The molecule has 20 heavy (non-hydrogen) atoms. The molecule has 2 heteroatoms. The van der Waals surface area contributed by atoms with Crippen molar-refractivity contribution in [1.82, 2.24) is 0 Å². The number of phenols is 2. The molecule has 2 rings (SSSR count). The van der Waals surface area contributed by atoms with Crippen LogP contribution in [0.4, 0.5) is 0 Å². The lowest BCUT2D eigenvalue weighted by molar-refractivity contribution is 0.466. The maximum Gasteiger partial charge on any atom is 0.121 e. The number of rotatable bonds is 2. The first-order valence-corrected chi connectivity index (χ1v) is 6.67. The van der Waals surface area contributed by atoms with Crippen molar-refractivity contribution in [2.75, 3.05) is 0 Å². The third-order valence-electron chi connectivity index (χ3n) is 3.50. The number of aryl methyl sites for hydroxylation is 4. The Kier molecular flexibility index (Phi) is 3.84. The van der Waals surface area contributed by atoms with Gasteiger partial charge in [0.1, 0.15) is 11.5 Å². The Morgan fingerprint density at radius 2 is 0.850 bits per heavy atom. The zero-order chi connectivity index (χ0) is 14.9. The summed E-state index contributed by atoms with van der Waals surface area (Å²) in [4.78, 5) is 0. The van der Waals surface area contributed by atoms with E-state index in [-0.39, 0.29) is 0 Å². The standard InChI is InChI=1S/C18H20O2/c1-11-7-15(8-12(2)17(11)19)5-6-16-9-13(3)18(20)14(4)10-16/h5-10,19-20H,1-4H3. The lowest BCUT2D eigenvalue weighted by atomic mass is 10.0. The first-order chi connectivity index (χ1) is 9.38. The van der Waals surface area contributed by atoms with Crippen molar-refractivity contribution in [2.45, 2.75) is 27.7 Å². The van der Waals surface area contributed by atoms with Crippen molar-refractivity contribution in [3.05, 3.63) is 57.6 Å². The number of hydrogen-bond acceptors (Lipinski definition) is 2. The van der Waals surface area contributed by atoms with E-state index < -0.39 is 0 Å². The second-order valence-corrected chi connectivity index (χ2v) is 5.34. The van der Waals surface area contributed by atoms with E-state index >= 15 is 0 Å². The Morgan fingerprint density at radius 3 is 1.10 bits per heavy atom. The molecule has 0 saturated carbocycles. The highest BCUT2D eigenvalue weighted by molar-refractivity contribution is 5.72. The Balaban J connectivity index is 2.35. The fraction of sp³-hybridized carbons (Fsp3) is 0.222. The molecule has 2 N–H and O–H groups in total. The van der Waals surface area contributed by atoms with Gasteiger partial charge >= 0.3 is 0 Å². The molecule has 0 atom stereocenters. The second-order valence-electron chi connectivity index (χ2n) is 5.34. The van der Waals surface area contributed by atoms with Gasteiger partial charge in [-0.05, 0) is 85.3 Å². The topological polar surface area (TPSA) is 40.5 Å². The smallest absolute Gasteiger partial charge is 0.121 e. The maximum atomic E-state index is 9.77. The Labute approximate surface area is 120 Å². The van der Waals surface area contributed by atoms with Gasteiger partial charge in [-0.1, -0.05) is 12.2 Å². The molecule has 0 aliphatic rings. The molecule has 0 aromatic heterocycles. The summed E-state index contributed by atoms with van der Waals surface area (Å²) in [6.07, 6.45) is 4.04. The van der Waals surface area contributed by atoms with Crippen LogP contribution >= 0.6 is 0 Å². The number of hydrogen-bond donors (Lipinski definition) is 2. The predicted octanol–water partition coefficient (Wildman–Crippen LogP) is 4.50. The summed E-state index contributed by atoms with van der Waals surface area (Å²) in [6, 6.07) is 7.83. The van der Waals surface area contributed by atoms with Gasteiger partial charge in [-0.25, -0.2) is 0 Å². The van der Waals surface area contributed by atoms with E-state index in [4.69, 9.17) is 0 Å². The number of phenolic OH excluding ortho intramolecular Hbond substituents is 2. The molecule has 0 heterocycles.